The van der Waals surface area contributed by atoms with Crippen molar-refractivity contribution in [1.82, 2.24) is 15.1 Å². The largest absolute Gasteiger partial charge is 0.434 e. The van der Waals surface area contributed by atoms with Crippen LogP contribution in [0.1, 0.15) is 17.2 Å². The van der Waals surface area contributed by atoms with E-state index < -0.39 is 0 Å². The molecule has 1 aromatic heterocycles. The van der Waals surface area contributed by atoms with Gasteiger partial charge in [0.25, 0.3) is 5.88 Å². The van der Waals surface area contributed by atoms with Gasteiger partial charge in [0, 0.05) is 39.3 Å². The van der Waals surface area contributed by atoms with E-state index in [1.807, 2.05) is 25.2 Å². The Morgan fingerprint density at radius 3 is 2.00 bits per heavy atom. The zero-order valence-corrected chi connectivity index (χ0v) is 19.2. The van der Waals surface area contributed by atoms with Gasteiger partial charge >= 0.3 is 0 Å². The summed E-state index contributed by atoms with van der Waals surface area (Å²) in [6.07, 6.45) is 0. The molecule has 0 unspecified atom stereocenters. The Labute approximate surface area is 200 Å². The summed E-state index contributed by atoms with van der Waals surface area (Å²) in [6, 6.07) is 31.9. The summed E-state index contributed by atoms with van der Waals surface area (Å²) < 4.78 is 5.99. The van der Waals surface area contributed by atoms with E-state index in [2.05, 4.69) is 97.7 Å². The molecule has 170 valence electrons. The molecule has 0 saturated carbocycles. The van der Waals surface area contributed by atoms with Crippen molar-refractivity contribution < 1.29 is 4.74 Å². The summed E-state index contributed by atoms with van der Waals surface area (Å²) in [5, 5.41) is 8.94. The monoisotopic (exact) mass is 449 g/mol. The average Bonchev–Trinajstić information content (AvgIpc) is 2.91. The zero-order chi connectivity index (χ0) is 22.9. The molecule has 2 aliphatic heterocycles. The number of benzene rings is 3. The predicted octanol–water partition coefficient (Wildman–Crippen LogP) is 5.26. The van der Waals surface area contributed by atoms with Gasteiger partial charge in [-0.2, -0.15) is 0 Å². The third kappa shape index (κ3) is 3.76. The molecule has 3 aromatic carbocycles. The molecule has 4 aromatic rings. The van der Waals surface area contributed by atoms with E-state index in [1.165, 1.54) is 11.1 Å². The van der Waals surface area contributed by atoms with Gasteiger partial charge in [-0.25, -0.2) is 0 Å². The summed E-state index contributed by atoms with van der Waals surface area (Å²) in [5.74, 6) is 2.25. The van der Waals surface area contributed by atoms with Crippen LogP contribution < -0.4 is 14.5 Å². The first-order valence-corrected chi connectivity index (χ1v) is 11.8. The van der Waals surface area contributed by atoms with Gasteiger partial charge in [-0.3, -0.25) is 4.90 Å². The molecule has 0 N–H and O–H groups in total. The third-order valence-electron chi connectivity index (χ3n) is 6.76. The van der Waals surface area contributed by atoms with Gasteiger partial charge in [0.05, 0.1) is 11.7 Å². The molecular weight excluding hydrogens is 422 g/mol. The Bertz CT molecular complexity index is 1230. The highest BCUT2D eigenvalue weighted by Gasteiger charge is 2.29. The van der Waals surface area contributed by atoms with Gasteiger partial charge in [0.15, 0.2) is 11.6 Å². The van der Waals surface area contributed by atoms with Gasteiger partial charge in [0.1, 0.15) is 5.69 Å². The highest BCUT2D eigenvalue weighted by molar-refractivity contribution is 5.77. The summed E-state index contributed by atoms with van der Waals surface area (Å²) in [4.78, 5) is 7.02. The second kappa shape index (κ2) is 8.80. The van der Waals surface area contributed by atoms with Crippen LogP contribution in [0.3, 0.4) is 0 Å². The van der Waals surface area contributed by atoms with Crippen molar-refractivity contribution >= 4 is 17.2 Å². The van der Waals surface area contributed by atoms with Crippen molar-refractivity contribution in [2.75, 3.05) is 43.0 Å². The van der Waals surface area contributed by atoms with Crippen LogP contribution in [0.25, 0.3) is 0 Å². The molecule has 34 heavy (non-hydrogen) atoms. The second-order valence-corrected chi connectivity index (χ2v) is 8.77. The zero-order valence-electron chi connectivity index (χ0n) is 19.2. The molecule has 1 fully saturated rings. The van der Waals surface area contributed by atoms with E-state index >= 15 is 0 Å². The summed E-state index contributed by atoms with van der Waals surface area (Å²) >= 11 is 0. The van der Waals surface area contributed by atoms with Crippen LogP contribution >= 0.6 is 0 Å². The number of nitrogens with zero attached hydrogens (tertiary/aromatic N) is 5. The second-order valence-electron chi connectivity index (χ2n) is 8.77. The summed E-state index contributed by atoms with van der Waals surface area (Å²) in [7, 11) is 2.05. The van der Waals surface area contributed by atoms with E-state index in [9.17, 15) is 0 Å². The Kier molecular flexibility index (Phi) is 5.35. The van der Waals surface area contributed by atoms with Gasteiger partial charge in [0.2, 0.25) is 0 Å². The van der Waals surface area contributed by atoms with Crippen LogP contribution in [0.15, 0.2) is 91.0 Å². The Morgan fingerprint density at radius 2 is 1.32 bits per heavy atom. The number of hydrogen-bond acceptors (Lipinski definition) is 6. The maximum Gasteiger partial charge on any atom is 0.263 e. The van der Waals surface area contributed by atoms with Crippen molar-refractivity contribution in [2.45, 2.75) is 6.04 Å². The highest BCUT2D eigenvalue weighted by Crippen LogP contribution is 2.45. The van der Waals surface area contributed by atoms with Crippen LogP contribution in [0.5, 0.6) is 11.6 Å². The standard InChI is InChI=1S/C28H27N5O/c1-31-23-14-8-9-15-25(23)34-28-24(31)20-26(29-30-28)32-16-18-33(19-17-32)27(21-10-4-2-5-11-21)22-12-6-3-7-13-22/h2-15,20,27H,16-19H2,1H3. The third-order valence-corrected chi connectivity index (χ3v) is 6.76. The van der Waals surface area contributed by atoms with E-state index in [-0.39, 0.29) is 6.04 Å². The van der Waals surface area contributed by atoms with Crippen LogP contribution in [0.2, 0.25) is 0 Å². The van der Waals surface area contributed by atoms with Gasteiger partial charge < -0.3 is 14.5 Å². The smallest absolute Gasteiger partial charge is 0.263 e. The first-order valence-electron chi connectivity index (χ1n) is 11.8. The van der Waals surface area contributed by atoms with Crippen LogP contribution in [-0.4, -0.2) is 48.3 Å². The van der Waals surface area contributed by atoms with Crippen molar-refractivity contribution in [3.05, 3.63) is 102 Å². The van der Waals surface area contributed by atoms with Gasteiger partial charge in [-0.15, -0.1) is 10.2 Å². The first kappa shape index (κ1) is 20.7. The van der Waals surface area contributed by atoms with Gasteiger partial charge in [-0.1, -0.05) is 72.8 Å². The van der Waals surface area contributed by atoms with E-state index in [1.54, 1.807) is 0 Å². The fraction of sp³-hybridized carbons (Fsp3) is 0.214. The lowest BCUT2D eigenvalue weighted by Crippen LogP contribution is -2.48. The molecule has 6 nitrogen and oxygen atoms in total. The quantitative estimate of drug-likeness (QED) is 0.423. The minimum Gasteiger partial charge on any atom is -0.434 e. The molecule has 6 heteroatoms. The fourth-order valence-corrected chi connectivity index (χ4v) is 4.98. The number of aromatic nitrogens is 2. The Balaban J connectivity index is 1.22. The molecule has 0 spiro atoms. The number of fused-ring (bicyclic) bond motifs is 2. The van der Waals surface area contributed by atoms with Crippen molar-refractivity contribution in [1.29, 1.82) is 0 Å². The van der Waals surface area contributed by atoms with Crippen LogP contribution in [-0.2, 0) is 0 Å². The van der Waals surface area contributed by atoms with Crippen molar-refractivity contribution in [3.63, 3.8) is 0 Å². The van der Waals surface area contributed by atoms with E-state index in [4.69, 9.17) is 4.74 Å². The SMILES string of the molecule is CN1c2ccccc2Oc2nnc(N3CCN(C(c4ccccc4)c4ccccc4)CC3)cc21. The number of ether oxygens (including phenoxy) is 1. The highest BCUT2D eigenvalue weighted by atomic mass is 16.5. The molecule has 0 bridgehead atoms. The minimum atomic E-state index is 0.246. The van der Waals surface area contributed by atoms with Crippen molar-refractivity contribution in [3.8, 4) is 11.6 Å². The van der Waals surface area contributed by atoms with E-state index in [0.29, 0.717) is 5.88 Å². The normalized spacial score (nSPS) is 15.6. The molecule has 3 heterocycles. The Hall–Kier alpha value is -3.90. The Morgan fingerprint density at radius 1 is 0.706 bits per heavy atom. The fourth-order valence-electron chi connectivity index (χ4n) is 4.98. The number of para-hydroxylation sites is 2. The lowest BCUT2D eigenvalue weighted by molar-refractivity contribution is 0.212. The number of rotatable bonds is 4. The van der Waals surface area contributed by atoms with Crippen LogP contribution in [0, 0.1) is 0 Å². The summed E-state index contributed by atoms with van der Waals surface area (Å²) in [6.45, 7) is 3.68. The van der Waals surface area contributed by atoms with Crippen LogP contribution in [0.4, 0.5) is 17.2 Å². The molecule has 0 aliphatic carbocycles. The average molecular weight is 450 g/mol. The van der Waals surface area contributed by atoms with E-state index in [0.717, 1.165) is 49.1 Å². The lowest BCUT2D eigenvalue weighted by atomic mass is 9.96. The number of anilines is 3. The topological polar surface area (TPSA) is 44.7 Å². The minimum absolute atomic E-state index is 0.246. The predicted molar refractivity (Wildman–Crippen MR) is 135 cm³/mol. The molecule has 1 saturated heterocycles. The number of hydrogen-bond donors (Lipinski definition) is 0. The molecular formula is C28H27N5O. The molecule has 2 aliphatic rings. The van der Waals surface area contributed by atoms with Crippen molar-refractivity contribution in [2.24, 2.45) is 0 Å². The number of piperazine rings is 1. The first-order chi connectivity index (χ1) is 16.8. The molecule has 0 atom stereocenters. The van der Waals surface area contributed by atoms with Gasteiger partial charge in [-0.05, 0) is 23.3 Å². The molecule has 0 amide bonds. The molecule has 0 radical (unpaired) electrons. The molecule has 6 rings (SSSR count). The lowest BCUT2D eigenvalue weighted by Gasteiger charge is -2.40. The summed E-state index contributed by atoms with van der Waals surface area (Å²) in [5.41, 5.74) is 4.63. The maximum atomic E-state index is 5.99. The maximum absolute atomic E-state index is 5.99.